The molecule has 0 aliphatic rings. The van der Waals surface area contributed by atoms with E-state index in [1.807, 2.05) is 50.4 Å². The number of carbonyl (C=O) groups is 1. The van der Waals surface area contributed by atoms with Crippen LogP contribution in [-0.4, -0.2) is 25.5 Å². The topological polar surface area (TPSA) is 72.2 Å². The van der Waals surface area contributed by atoms with Crippen LogP contribution in [0.15, 0.2) is 66.9 Å². The molecule has 0 saturated heterocycles. The number of rotatable bonds is 6. The van der Waals surface area contributed by atoms with E-state index in [0.717, 1.165) is 29.8 Å². The third-order valence-corrected chi connectivity index (χ3v) is 4.76. The second-order valence-electron chi connectivity index (χ2n) is 7.28. The number of aryl methyl sites for hydroxylation is 2. The Kier molecular flexibility index (Phi) is 5.33. The number of hydrogen-bond acceptors (Lipinski definition) is 4. The third kappa shape index (κ3) is 4.32. The van der Waals surface area contributed by atoms with Gasteiger partial charge in [-0.05, 0) is 42.7 Å². The second-order valence-corrected chi connectivity index (χ2v) is 7.28. The van der Waals surface area contributed by atoms with Gasteiger partial charge in [-0.2, -0.15) is 4.98 Å². The van der Waals surface area contributed by atoms with Crippen LogP contribution in [0.3, 0.4) is 0 Å². The molecule has 29 heavy (non-hydrogen) atoms. The van der Waals surface area contributed by atoms with Crippen molar-refractivity contribution in [2.45, 2.75) is 26.7 Å². The lowest BCUT2D eigenvalue weighted by Crippen LogP contribution is -2.18. The Hall–Kier alpha value is -3.54. The number of nitrogens with one attached hydrogen (secondary N) is 1. The summed E-state index contributed by atoms with van der Waals surface area (Å²) < 4.78 is 1.76. The highest BCUT2D eigenvalue weighted by atomic mass is 16.2. The maximum Gasteiger partial charge on any atom is 0.249 e. The quantitative estimate of drug-likeness (QED) is 0.541. The van der Waals surface area contributed by atoms with E-state index in [1.54, 1.807) is 4.52 Å². The number of pyridine rings is 2. The van der Waals surface area contributed by atoms with Crippen molar-refractivity contribution in [3.05, 3.63) is 78.1 Å². The molecule has 0 unspecified atom stereocenters. The fourth-order valence-corrected chi connectivity index (χ4v) is 3.09. The van der Waals surface area contributed by atoms with Crippen molar-refractivity contribution in [1.29, 1.82) is 0 Å². The lowest BCUT2D eigenvalue weighted by atomic mass is 10.0. The first kappa shape index (κ1) is 18.8. The lowest BCUT2D eigenvalue weighted by molar-refractivity contribution is -0.118. The predicted molar refractivity (Wildman–Crippen MR) is 114 cm³/mol. The van der Waals surface area contributed by atoms with Crippen molar-refractivity contribution in [1.82, 2.24) is 19.6 Å². The minimum Gasteiger partial charge on any atom is -0.293 e. The largest absolute Gasteiger partial charge is 0.293 e. The van der Waals surface area contributed by atoms with Gasteiger partial charge in [0, 0.05) is 23.4 Å². The van der Waals surface area contributed by atoms with Gasteiger partial charge in [0.15, 0.2) is 5.65 Å². The molecule has 0 fully saturated rings. The molecule has 6 nitrogen and oxygen atoms in total. The number of nitrogens with zero attached hydrogens (tertiary/aromatic N) is 4. The number of fused-ring (bicyclic) bond motifs is 1. The smallest absolute Gasteiger partial charge is 0.249 e. The zero-order valence-electron chi connectivity index (χ0n) is 16.5. The Morgan fingerprint density at radius 3 is 2.55 bits per heavy atom. The molecule has 0 aliphatic heterocycles. The summed E-state index contributed by atoms with van der Waals surface area (Å²) in [6.45, 7) is 3.68. The van der Waals surface area contributed by atoms with Crippen molar-refractivity contribution < 1.29 is 4.79 Å². The first-order chi connectivity index (χ1) is 14.1. The van der Waals surface area contributed by atoms with Gasteiger partial charge in [0.2, 0.25) is 11.9 Å². The molecule has 6 heteroatoms. The first-order valence-electron chi connectivity index (χ1n) is 9.76. The van der Waals surface area contributed by atoms with Gasteiger partial charge in [-0.3, -0.25) is 15.1 Å². The van der Waals surface area contributed by atoms with E-state index < -0.39 is 0 Å². The van der Waals surface area contributed by atoms with Gasteiger partial charge in [-0.25, -0.2) is 4.52 Å². The van der Waals surface area contributed by atoms with E-state index in [4.69, 9.17) is 0 Å². The molecule has 3 heterocycles. The van der Waals surface area contributed by atoms with E-state index in [-0.39, 0.29) is 11.8 Å². The highest BCUT2D eigenvalue weighted by Crippen LogP contribution is 2.22. The molecule has 0 saturated carbocycles. The first-order valence-corrected chi connectivity index (χ1v) is 9.76. The summed E-state index contributed by atoms with van der Waals surface area (Å²) in [5.74, 6) is 0.0996. The van der Waals surface area contributed by atoms with Crippen LogP contribution in [0.5, 0.6) is 0 Å². The highest BCUT2D eigenvalue weighted by molar-refractivity contribution is 5.90. The number of aromatic nitrogens is 4. The van der Waals surface area contributed by atoms with Crippen LogP contribution in [0, 0.1) is 5.92 Å². The molecule has 0 radical (unpaired) electrons. The SMILES string of the molecule is CC(C)C(=O)Nc1nc2cccc(-c3ccc(CCc4ccccn4)cc3)n2n1. The number of carbonyl (C=O) groups excluding carboxylic acids is 1. The Labute approximate surface area is 169 Å². The number of benzene rings is 1. The maximum absolute atomic E-state index is 11.9. The molecule has 3 aromatic heterocycles. The molecule has 0 atom stereocenters. The Bertz CT molecular complexity index is 1120. The van der Waals surface area contributed by atoms with E-state index in [0.29, 0.717) is 11.6 Å². The van der Waals surface area contributed by atoms with E-state index in [2.05, 4.69) is 50.7 Å². The Morgan fingerprint density at radius 1 is 1.00 bits per heavy atom. The normalized spacial score (nSPS) is 11.1. The zero-order valence-corrected chi connectivity index (χ0v) is 16.5. The number of anilines is 1. The molecule has 0 aliphatic carbocycles. The standard InChI is InChI=1S/C23H23N5O/c1-16(2)22(29)26-23-25-21-8-5-7-20(28(21)27-23)18-12-9-17(10-13-18)11-14-19-6-3-4-15-24-19/h3-10,12-13,15-16H,11,14H2,1-2H3,(H,26,27,29). The van der Waals surface area contributed by atoms with Gasteiger partial charge in [0.1, 0.15) is 0 Å². The van der Waals surface area contributed by atoms with Gasteiger partial charge >= 0.3 is 0 Å². The summed E-state index contributed by atoms with van der Waals surface area (Å²) >= 11 is 0. The summed E-state index contributed by atoms with van der Waals surface area (Å²) in [6, 6.07) is 20.3. The van der Waals surface area contributed by atoms with Crippen molar-refractivity contribution in [2.75, 3.05) is 5.32 Å². The summed E-state index contributed by atoms with van der Waals surface area (Å²) in [7, 11) is 0. The van der Waals surface area contributed by atoms with Crippen molar-refractivity contribution in [3.8, 4) is 11.3 Å². The molecule has 1 amide bonds. The van der Waals surface area contributed by atoms with Gasteiger partial charge in [-0.1, -0.05) is 50.2 Å². The van der Waals surface area contributed by atoms with Crippen LogP contribution < -0.4 is 5.32 Å². The molecular weight excluding hydrogens is 362 g/mol. The molecule has 146 valence electrons. The summed E-state index contributed by atoms with van der Waals surface area (Å²) in [4.78, 5) is 20.7. The minimum atomic E-state index is -0.125. The minimum absolute atomic E-state index is 0.0975. The zero-order chi connectivity index (χ0) is 20.2. The van der Waals surface area contributed by atoms with Crippen LogP contribution >= 0.6 is 0 Å². The van der Waals surface area contributed by atoms with Crippen LogP contribution in [0.1, 0.15) is 25.1 Å². The molecule has 1 N–H and O–H groups in total. The van der Waals surface area contributed by atoms with Crippen molar-refractivity contribution in [2.24, 2.45) is 5.92 Å². The molecule has 0 spiro atoms. The second kappa shape index (κ2) is 8.22. The summed E-state index contributed by atoms with van der Waals surface area (Å²) in [5, 5.41) is 7.24. The van der Waals surface area contributed by atoms with Crippen LogP contribution in [0.25, 0.3) is 16.9 Å². The fourth-order valence-electron chi connectivity index (χ4n) is 3.09. The summed E-state index contributed by atoms with van der Waals surface area (Å²) in [6.07, 6.45) is 3.68. The maximum atomic E-state index is 11.9. The summed E-state index contributed by atoms with van der Waals surface area (Å²) in [5.41, 5.74) is 5.02. The third-order valence-electron chi connectivity index (χ3n) is 4.76. The van der Waals surface area contributed by atoms with Crippen molar-refractivity contribution >= 4 is 17.5 Å². The molecular formula is C23H23N5O. The average molecular weight is 385 g/mol. The van der Waals surface area contributed by atoms with Gasteiger partial charge in [0.05, 0.1) is 5.69 Å². The average Bonchev–Trinajstić information content (AvgIpc) is 3.16. The number of hydrogen-bond donors (Lipinski definition) is 1. The fraction of sp³-hybridized carbons (Fsp3) is 0.217. The van der Waals surface area contributed by atoms with Gasteiger partial charge < -0.3 is 0 Å². The predicted octanol–water partition coefficient (Wildman–Crippen LogP) is 4.17. The molecule has 0 bridgehead atoms. The molecule has 4 rings (SSSR count). The lowest BCUT2D eigenvalue weighted by Gasteiger charge is -2.06. The van der Waals surface area contributed by atoms with Crippen LogP contribution in [-0.2, 0) is 17.6 Å². The van der Waals surface area contributed by atoms with E-state index in [9.17, 15) is 4.79 Å². The van der Waals surface area contributed by atoms with E-state index >= 15 is 0 Å². The van der Waals surface area contributed by atoms with Gasteiger partial charge in [-0.15, -0.1) is 5.10 Å². The Morgan fingerprint density at radius 2 is 1.83 bits per heavy atom. The number of amides is 1. The van der Waals surface area contributed by atoms with Gasteiger partial charge in [0.25, 0.3) is 0 Å². The molecule has 1 aromatic carbocycles. The molecule has 4 aromatic rings. The highest BCUT2D eigenvalue weighted by Gasteiger charge is 2.13. The monoisotopic (exact) mass is 385 g/mol. The van der Waals surface area contributed by atoms with E-state index in [1.165, 1.54) is 5.56 Å². The van der Waals surface area contributed by atoms with Crippen LogP contribution in [0.4, 0.5) is 5.95 Å². The Balaban J connectivity index is 1.54. The van der Waals surface area contributed by atoms with Crippen LogP contribution in [0.2, 0.25) is 0 Å². The van der Waals surface area contributed by atoms with Crippen molar-refractivity contribution in [3.63, 3.8) is 0 Å².